The Hall–Kier alpha value is -0.610. The van der Waals surface area contributed by atoms with E-state index < -0.39 is 16.2 Å². The summed E-state index contributed by atoms with van der Waals surface area (Å²) in [5.41, 5.74) is 2.70. The Morgan fingerprint density at radius 2 is 2.11 bits per heavy atom. The molecule has 1 heterocycles. The van der Waals surface area contributed by atoms with Crippen molar-refractivity contribution in [3.8, 4) is 0 Å². The number of hydrogen-bond donors (Lipinski definition) is 0. The summed E-state index contributed by atoms with van der Waals surface area (Å²) in [5, 5.41) is -0.498. The minimum absolute atomic E-state index is 0.0323. The summed E-state index contributed by atoms with van der Waals surface area (Å²) in [4.78, 5) is 11.9. The van der Waals surface area contributed by atoms with Crippen molar-refractivity contribution in [2.75, 3.05) is 12.0 Å². The Bertz CT molecular complexity index is 466. The van der Waals surface area contributed by atoms with Crippen LogP contribution in [0.4, 0.5) is 0 Å². The molecule has 0 spiro atoms. The van der Waals surface area contributed by atoms with E-state index in [-0.39, 0.29) is 5.78 Å². The van der Waals surface area contributed by atoms with Crippen LogP contribution < -0.4 is 0 Å². The van der Waals surface area contributed by atoms with Crippen molar-refractivity contribution in [1.29, 1.82) is 0 Å². The zero-order chi connectivity index (χ0) is 13.9. The van der Waals surface area contributed by atoms with Gasteiger partial charge in [-0.3, -0.25) is 9.00 Å². The van der Waals surface area contributed by atoms with Crippen LogP contribution in [0, 0.1) is 13.8 Å². The van der Waals surface area contributed by atoms with Gasteiger partial charge in [0.2, 0.25) is 0 Å². The number of alkyl halides is 1. The van der Waals surface area contributed by atoms with Crippen LogP contribution in [0.1, 0.15) is 35.1 Å². The van der Waals surface area contributed by atoms with Crippen LogP contribution in [-0.4, -0.2) is 31.9 Å². The van der Waals surface area contributed by atoms with Crippen molar-refractivity contribution in [2.45, 2.75) is 39.1 Å². The second kappa shape index (κ2) is 6.53. The Balaban J connectivity index is 2.87. The maximum absolute atomic E-state index is 11.9. The first kappa shape index (κ1) is 15.4. The van der Waals surface area contributed by atoms with Crippen LogP contribution in [0.2, 0.25) is 0 Å². The molecule has 0 aliphatic rings. The van der Waals surface area contributed by atoms with Gasteiger partial charge in [0.1, 0.15) is 0 Å². The van der Waals surface area contributed by atoms with E-state index in [9.17, 15) is 9.00 Å². The molecule has 5 heteroatoms. The molecule has 3 nitrogen and oxygen atoms in total. The first-order valence-electron chi connectivity index (χ1n) is 5.99. The number of aryl methyl sites for hydroxylation is 1. The molecule has 0 saturated heterocycles. The Morgan fingerprint density at radius 1 is 1.50 bits per heavy atom. The summed E-state index contributed by atoms with van der Waals surface area (Å²) >= 11 is 5.84. The van der Waals surface area contributed by atoms with Gasteiger partial charge in [0.15, 0.2) is 5.78 Å². The number of ketones is 1. The van der Waals surface area contributed by atoms with Gasteiger partial charge in [-0.2, -0.15) is 0 Å². The van der Waals surface area contributed by atoms with Gasteiger partial charge < -0.3 is 4.57 Å². The lowest BCUT2D eigenvalue weighted by Gasteiger charge is -2.09. The molecule has 1 aromatic rings. The van der Waals surface area contributed by atoms with Crippen molar-refractivity contribution in [3.63, 3.8) is 0 Å². The standard InChI is InChI=1S/C13H20ClNO2S/c1-9-8-12(13(16)10(2)14)11(3)15(9)6-5-7-18(4)17/h8,10H,5-7H2,1-4H3. The highest BCUT2D eigenvalue weighted by molar-refractivity contribution is 7.84. The minimum atomic E-state index is -0.763. The topological polar surface area (TPSA) is 39.1 Å². The maximum atomic E-state index is 11.9. The van der Waals surface area contributed by atoms with Crippen LogP contribution in [0.3, 0.4) is 0 Å². The van der Waals surface area contributed by atoms with Gasteiger partial charge in [0, 0.05) is 46.3 Å². The van der Waals surface area contributed by atoms with Gasteiger partial charge >= 0.3 is 0 Å². The van der Waals surface area contributed by atoms with Gasteiger partial charge in [-0.1, -0.05) is 0 Å². The normalized spacial score (nSPS) is 14.5. The van der Waals surface area contributed by atoms with Crippen LogP contribution in [0.15, 0.2) is 6.07 Å². The third-order valence-corrected chi connectivity index (χ3v) is 4.08. The molecule has 0 aromatic carbocycles. The molecule has 0 radical (unpaired) electrons. The molecule has 0 aliphatic carbocycles. The maximum Gasteiger partial charge on any atom is 0.182 e. The van der Waals surface area contributed by atoms with Crippen LogP contribution >= 0.6 is 11.6 Å². The van der Waals surface area contributed by atoms with Gasteiger partial charge in [-0.15, -0.1) is 11.6 Å². The lowest BCUT2D eigenvalue weighted by atomic mass is 10.1. The van der Waals surface area contributed by atoms with E-state index in [1.165, 1.54) is 0 Å². The van der Waals surface area contributed by atoms with E-state index in [1.807, 2.05) is 19.9 Å². The SMILES string of the molecule is Cc1cc(C(=O)C(C)Cl)c(C)n1CCCS(C)=O. The highest BCUT2D eigenvalue weighted by atomic mass is 35.5. The summed E-state index contributed by atoms with van der Waals surface area (Å²) < 4.78 is 13.1. The molecule has 0 saturated carbocycles. The van der Waals surface area contributed by atoms with Crippen LogP contribution in [0.25, 0.3) is 0 Å². The summed E-state index contributed by atoms with van der Waals surface area (Å²) in [5.74, 6) is 0.654. The fraction of sp³-hybridized carbons (Fsp3) is 0.615. The van der Waals surface area contributed by atoms with Crippen molar-refractivity contribution < 1.29 is 9.00 Å². The zero-order valence-electron chi connectivity index (χ0n) is 11.3. The number of hydrogen-bond acceptors (Lipinski definition) is 2. The second-order valence-electron chi connectivity index (χ2n) is 4.55. The van der Waals surface area contributed by atoms with E-state index in [0.717, 1.165) is 24.4 Å². The van der Waals surface area contributed by atoms with E-state index in [4.69, 9.17) is 11.6 Å². The molecule has 2 unspecified atom stereocenters. The predicted octanol–water partition coefficient (Wildman–Crippen LogP) is 2.68. The fourth-order valence-corrected chi connectivity index (χ4v) is 2.69. The molecular formula is C13H20ClNO2S. The van der Waals surface area contributed by atoms with E-state index in [0.29, 0.717) is 11.3 Å². The molecule has 0 amide bonds. The van der Waals surface area contributed by atoms with E-state index in [1.54, 1.807) is 13.2 Å². The fourth-order valence-electron chi connectivity index (χ4n) is 2.03. The number of aromatic nitrogens is 1. The van der Waals surface area contributed by atoms with Crippen molar-refractivity contribution in [2.24, 2.45) is 0 Å². The third-order valence-electron chi connectivity index (χ3n) is 3.01. The largest absolute Gasteiger partial charge is 0.348 e. The summed E-state index contributed by atoms with van der Waals surface area (Å²) in [6.07, 6.45) is 2.56. The highest BCUT2D eigenvalue weighted by Crippen LogP contribution is 2.19. The van der Waals surface area contributed by atoms with Gasteiger partial charge in [0.05, 0.1) is 5.38 Å². The van der Waals surface area contributed by atoms with Crippen LogP contribution in [0.5, 0.6) is 0 Å². The Kier molecular flexibility index (Phi) is 5.60. The first-order valence-corrected chi connectivity index (χ1v) is 8.16. The van der Waals surface area contributed by atoms with E-state index >= 15 is 0 Å². The summed E-state index contributed by atoms with van der Waals surface area (Å²) in [7, 11) is -0.763. The molecule has 102 valence electrons. The number of Topliss-reactive ketones (excluding diaryl/α,β-unsaturated/α-hetero) is 1. The molecule has 1 rings (SSSR count). The smallest absolute Gasteiger partial charge is 0.182 e. The molecule has 0 fully saturated rings. The lowest BCUT2D eigenvalue weighted by Crippen LogP contribution is -2.12. The zero-order valence-corrected chi connectivity index (χ0v) is 12.9. The monoisotopic (exact) mass is 289 g/mol. The average molecular weight is 290 g/mol. The van der Waals surface area contributed by atoms with Gasteiger partial charge in [0.25, 0.3) is 0 Å². The second-order valence-corrected chi connectivity index (χ2v) is 6.76. The minimum Gasteiger partial charge on any atom is -0.348 e. The van der Waals surface area contributed by atoms with Crippen molar-refractivity contribution in [3.05, 3.63) is 23.0 Å². The molecule has 2 atom stereocenters. The molecule has 18 heavy (non-hydrogen) atoms. The van der Waals surface area contributed by atoms with Crippen molar-refractivity contribution >= 4 is 28.2 Å². The number of nitrogens with zero attached hydrogens (tertiary/aromatic N) is 1. The van der Waals surface area contributed by atoms with Gasteiger partial charge in [-0.25, -0.2) is 0 Å². The molecular weight excluding hydrogens is 270 g/mol. The Morgan fingerprint density at radius 3 is 2.61 bits per heavy atom. The quantitative estimate of drug-likeness (QED) is 0.597. The molecule has 0 N–H and O–H groups in total. The molecule has 0 aliphatic heterocycles. The molecule has 1 aromatic heterocycles. The summed E-state index contributed by atoms with van der Waals surface area (Å²) in [6, 6.07) is 1.89. The number of rotatable bonds is 6. The highest BCUT2D eigenvalue weighted by Gasteiger charge is 2.19. The van der Waals surface area contributed by atoms with Crippen molar-refractivity contribution in [1.82, 2.24) is 4.57 Å². The average Bonchev–Trinajstić information content (AvgIpc) is 2.55. The number of carbonyl (C=O) groups excluding carboxylic acids is 1. The first-order chi connectivity index (χ1) is 8.34. The Labute approximate surface area is 116 Å². The van der Waals surface area contributed by atoms with Gasteiger partial charge in [-0.05, 0) is 33.3 Å². The summed E-state index contributed by atoms with van der Waals surface area (Å²) in [6.45, 7) is 6.39. The number of carbonyl (C=O) groups is 1. The predicted molar refractivity (Wildman–Crippen MR) is 77.1 cm³/mol. The number of halogens is 1. The third kappa shape index (κ3) is 3.69. The molecule has 0 bridgehead atoms. The lowest BCUT2D eigenvalue weighted by molar-refractivity contribution is 0.0991. The van der Waals surface area contributed by atoms with Crippen LogP contribution in [-0.2, 0) is 17.3 Å². The van der Waals surface area contributed by atoms with E-state index in [2.05, 4.69) is 4.57 Å².